The van der Waals surface area contributed by atoms with E-state index in [2.05, 4.69) is 15.6 Å². The summed E-state index contributed by atoms with van der Waals surface area (Å²) in [5, 5.41) is 20.6. The standard InChI is InChI=1S/C28H30ClF2N3O5/c1-15-6-10-20(19(29)12-15)32-23(35)13-17(9-11-24(36)37)26-25(16-7-8-16)27(39-34-26)21-14-22(38-33-21)28(30,31)18-4-2-3-5-18/h6,10,12,14,16-18H,2-5,7-9,11,13H2,1H3,(H,32,35)(H,36,37)/t17-/m0/s1. The maximum absolute atomic E-state index is 15.1. The molecule has 0 bridgehead atoms. The van der Waals surface area contributed by atoms with Crippen molar-refractivity contribution in [1.82, 2.24) is 10.3 Å². The lowest BCUT2D eigenvalue weighted by atomic mass is 9.90. The minimum Gasteiger partial charge on any atom is -0.481 e. The average Bonchev–Trinajstić information content (AvgIpc) is 3.30. The molecule has 0 aliphatic heterocycles. The van der Waals surface area contributed by atoms with Crippen molar-refractivity contribution in [1.29, 1.82) is 0 Å². The van der Waals surface area contributed by atoms with E-state index in [0.29, 0.717) is 34.8 Å². The van der Waals surface area contributed by atoms with E-state index >= 15 is 8.78 Å². The molecular formula is C28H30ClF2N3O5. The van der Waals surface area contributed by atoms with Crippen molar-refractivity contribution in [3.63, 3.8) is 0 Å². The van der Waals surface area contributed by atoms with Gasteiger partial charge in [0.25, 0.3) is 0 Å². The molecule has 39 heavy (non-hydrogen) atoms. The quantitative estimate of drug-likeness (QED) is 0.250. The zero-order chi connectivity index (χ0) is 27.7. The van der Waals surface area contributed by atoms with Crippen LogP contribution in [0.15, 0.2) is 33.3 Å². The third kappa shape index (κ3) is 6.00. The molecular weight excluding hydrogens is 532 g/mol. The van der Waals surface area contributed by atoms with Crippen LogP contribution in [0.2, 0.25) is 5.02 Å². The van der Waals surface area contributed by atoms with E-state index in [1.165, 1.54) is 6.07 Å². The summed E-state index contributed by atoms with van der Waals surface area (Å²) in [5.41, 5.74) is 2.64. The Bertz CT molecular complexity index is 1360. The lowest BCUT2D eigenvalue weighted by Crippen LogP contribution is -2.22. The van der Waals surface area contributed by atoms with Gasteiger partial charge in [-0.3, -0.25) is 9.59 Å². The number of carbonyl (C=O) groups is 2. The number of aromatic nitrogens is 2. The Hall–Kier alpha value is -3.27. The second-order valence-corrected chi connectivity index (χ2v) is 11.0. The zero-order valence-electron chi connectivity index (χ0n) is 21.5. The Labute approximate surface area is 229 Å². The molecule has 208 valence electrons. The van der Waals surface area contributed by atoms with Gasteiger partial charge in [-0.25, -0.2) is 0 Å². The van der Waals surface area contributed by atoms with Gasteiger partial charge in [-0.05, 0) is 62.6 Å². The normalized spacial score (nSPS) is 16.9. The van der Waals surface area contributed by atoms with Crippen molar-refractivity contribution >= 4 is 29.2 Å². The van der Waals surface area contributed by atoms with Crippen LogP contribution < -0.4 is 5.32 Å². The van der Waals surface area contributed by atoms with Crippen LogP contribution >= 0.6 is 11.6 Å². The monoisotopic (exact) mass is 561 g/mol. The largest absolute Gasteiger partial charge is 0.481 e. The number of hydrogen-bond acceptors (Lipinski definition) is 6. The van der Waals surface area contributed by atoms with E-state index < -0.39 is 29.5 Å². The highest BCUT2D eigenvalue weighted by Crippen LogP contribution is 2.50. The van der Waals surface area contributed by atoms with Gasteiger partial charge in [0, 0.05) is 36.3 Å². The molecule has 8 nitrogen and oxygen atoms in total. The van der Waals surface area contributed by atoms with Crippen molar-refractivity contribution in [3.05, 3.63) is 51.9 Å². The molecule has 1 aromatic carbocycles. The Morgan fingerprint density at radius 1 is 1.15 bits per heavy atom. The number of halogens is 3. The molecule has 2 heterocycles. The fourth-order valence-electron chi connectivity index (χ4n) is 5.36. The average molecular weight is 562 g/mol. The number of benzene rings is 1. The van der Waals surface area contributed by atoms with Crippen molar-refractivity contribution in [2.24, 2.45) is 5.92 Å². The first-order valence-corrected chi connectivity index (χ1v) is 13.6. The van der Waals surface area contributed by atoms with Gasteiger partial charge in [0.1, 0.15) is 0 Å². The van der Waals surface area contributed by atoms with Crippen LogP contribution in [0.1, 0.15) is 92.2 Å². The predicted octanol–water partition coefficient (Wildman–Crippen LogP) is 7.43. The van der Waals surface area contributed by atoms with E-state index in [1.54, 1.807) is 12.1 Å². The third-order valence-electron chi connectivity index (χ3n) is 7.60. The highest BCUT2D eigenvalue weighted by Gasteiger charge is 2.46. The minimum absolute atomic E-state index is 0.0543. The Balaban J connectivity index is 1.42. The maximum atomic E-state index is 15.1. The fraction of sp³-hybridized carbons (Fsp3) is 0.500. The molecule has 0 spiro atoms. The highest BCUT2D eigenvalue weighted by molar-refractivity contribution is 6.33. The number of nitrogens with one attached hydrogen (secondary N) is 1. The lowest BCUT2D eigenvalue weighted by Gasteiger charge is -2.19. The molecule has 2 fully saturated rings. The van der Waals surface area contributed by atoms with Gasteiger partial charge < -0.3 is 19.5 Å². The smallest absolute Gasteiger partial charge is 0.310 e. The summed E-state index contributed by atoms with van der Waals surface area (Å²) in [4.78, 5) is 24.4. The van der Waals surface area contributed by atoms with E-state index in [0.717, 1.165) is 31.2 Å². The van der Waals surface area contributed by atoms with E-state index in [-0.39, 0.29) is 42.5 Å². The summed E-state index contributed by atoms with van der Waals surface area (Å²) in [6, 6.07) is 6.47. The van der Waals surface area contributed by atoms with E-state index in [9.17, 15) is 14.7 Å². The molecule has 0 unspecified atom stereocenters. The summed E-state index contributed by atoms with van der Waals surface area (Å²) in [5.74, 6) is -6.08. The first kappa shape index (κ1) is 27.3. The molecule has 0 radical (unpaired) electrons. The van der Waals surface area contributed by atoms with Crippen molar-refractivity contribution in [3.8, 4) is 11.5 Å². The molecule has 5 rings (SSSR count). The molecule has 11 heteroatoms. The van der Waals surface area contributed by atoms with Crippen molar-refractivity contribution in [2.75, 3.05) is 5.32 Å². The molecule has 2 aliphatic rings. The summed E-state index contributed by atoms with van der Waals surface area (Å²) in [6.07, 6.45) is 3.96. The SMILES string of the molecule is Cc1ccc(NC(=O)C[C@H](CCC(=O)O)c2noc(-c3cc(C(F)(F)C4CCCC4)on3)c2C2CC2)c(Cl)c1. The number of anilines is 1. The second kappa shape index (κ2) is 11.1. The van der Waals surface area contributed by atoms with Crippen LogP contribution in [-0.4, -0.2) is 27.3 Å². The van der Waals surface area contributed by atoms with Crippen LogP contribution in [0.25, 0.3) is 11.5 Å². The van der Waals surface area contributed by atoms with E-state index in [4.69, 9.17) is 20.6 Å². The van der Waals surface area contributed by atoms with Gasteiger partial charge in [-0.1, -0.05) is 40.8 Å². The Kier molecular flexibility index (Phi) is 7.75. The number of carbonyl (C=O) groups excluding carboxylic acids is 1. The van der Waals surface area contributed by atoms with Gasteiger partial charge >= 0.3 is 11.9 Å². The summed E-state index contributed by atoms with van der Waals surface area (Å²) < 4.78 is 40.9. The van der Waals surface area contributed by atoms with Gasteiger partial charge in [0.15, 0.2) is 11.5 Å². The second-order valence-electron chi connectivity index (χ2n) is 10.6. The first-order chi connectivity index (χ1) is 18.6. The number of aryl methyl sites for hydroxylation is 1. The van der Waals surface area contributed by atoms with Crippen molar-refractivity contribution < 1.29 is 32.5 Å². The minimum atomic E-state index is -3.14. The third-order valence-corrected chi connectivity index (χ3v) is 7.92. The predicted molar refractivity (Wildman–Crippen MR) is 139 cm³/mol. The molecule has 2 saturated carbocycles. The Morgan fingerprint density at radius 2 is 1.90 bits per heavy atom. The molecule has 1 amide bonds. The molecule has 2 N–H and O–H groups in total. The fourth-order valence-corrected chi connectivity index (χ4v) is 5.65. The summed E-state index contributed by atoms with van der Waals surface area (Å²) >= 11 is 6.26. The number of hydrogen-bond donors (Lipinski definition) is 2. The Morgan fingerprint density at radius 3 is 2.56 bits per heavy atom. The highest BCUT2D eigenvalue weighted by atomic mass is 35.5. The van der Waals surface area contributed by atoms with Gasteiger partial charge in [0.05, 0.1) is 16.4 Å². The molecule has 1 atom stereocenters. The number of aliphatic carboxylic acids is 1. The number of carboxylic acids is 1. The van der Waals surface area contributed by atoms with Crippen LogP contribution in [0.5, 0.6) is 0 Å². The van der Waals surface area contributed by atoms with Crippen LogP contribution in [0.3, 0.4) is 0 Å². The van der Waals surface area contributed by atoms with Gasteiger partial charge in [0.2, 0.25) is 11.7 Å². The van der Waals surface area contributed by atoms with Crippen LogP contribution in [0.4, 0.5) is 14.5 Å². The number of carboxylic acid groups (broad SMARTS) is 1. The summed E-state index contributed by atoms with van der Waals surface area (Å²) in [7, 11) is 0. The topological polar surface area (TPSA) is 118 Å². The zero-order valence-corrected chi connectivity index (χ0v) is 22.3. The van der Waals surface area contributed by atoms with Crippen LogP contribution in [0, 0.1) is 12.8 Å². The van der Waals surface area contributed by atoms with Gasteiger partial charge in [-0.2, -0.15) is 8.78 Å². The van der Waals surface area contributed by atoms with Crippen molar-refractivity contribution in [2.45, 2.75) is 82.5 Å². The van der Waals surface area contributed by atoms with E-state index in [1.807, 2.05) is 13.0 Å². The molecule has 2 aromatic heterocycles. The lowest BCUT2D eigenvalue weighted by molar-refractivity contribution is -0.137. The molecule has 3 aromatic rings. The maximum Gasteiger partial charge on any atom is 0.310 e. The number of alkyl halides is 2. The number of nitrogens with zero attached hydrogens (tertiary/aromatic N) is 2. The molecule has 0 saturated heterocycles. The van der Waals surface area contributed by atoms with Crippen LogP contribution in [-0.2, 0) is 15.5 Å². The first-order valence-electron chi connectivity index (χ1n) is 13.3. The number of amides is 1. The number of rotatable bonds is 11. The molecule has 2 aliphatic carbocycles. The summed E-state index contributed by atoms with van der Waals surface area (Å²) in [6.45, 7) is 1.88. The van der Waals surface area contributed by atoms with Gasteiger partial charge in [-0.15, -0.1) is 0 Å².